The zero-order chi connectivity index (χ0) is 16.9. The number of pyridine rings is 1. The van der Waals surface area contributed by atoms with Crippen LogP contribution in [0.15, 0.2) is 17.4 Å². The van der Waals surface area contributed by atoms with Gasteiger partial charge in [-0.25, -0.2) is 0 Å². The van der Waals surface area contributed by atoms with Gasteiger partial charge in [0.15, 0.2) is 5.84 Å². The third kappa shape index (κ3) is 3.55. The zero-order valence-corrected chi connectivity index (χ0v) is 14.7. The maximum absolute atomic E-state index is 11.5. The lowest BCUT2D eigenvalue weighted by Gasteiger charge is -2.36. The molecule has 0 bridgehead atoms. The average molecular weight is 305 g/mol. The highest BCUT2D eigenvalue weighted by Gasteiger charge is 2.29. The second-order valence-electron chi connectivity index (χ2n) is 5.41. The van der Waals surface area contributed by atoms with Crippen LogP contribution in [0.1, 0.15) is 39.3 Å². The maximum Gasteiger partial charge on any atom is 0.219 e. The van der Waals surface area contributed by atoms with E-state index >= 15 is 0 Å². The van der Waals surface area contributed by atoms with Gasteiger partial charge in [-0.2, -0.15) is 5.10 Å². The molecule has 1 aromatic rings. The molecule has 0 saturated carbocycles. The van der Waals surface area contributed by atoms with E-state index in [1.54, 1.807) is 16.1 Å². The van der Waals surface area contributed by atoms with Crippen LogP contribution >= 0.6 is 0 Å². The van der Waals surface area contributed by atoms with Gasteiger partial charge in [-0.1, -0.05) is 27.7 Å². The summed E-state index contributed by atoms with van der Waals surface area (Å²) in [5.74, 6) is 1.01. The predicted octanol–water partition coefficient (Wildman–Crippen LogP) is 2.52. The van der Waals surface area contributed by atoms with Crippen molar-refractivity contribution in [2.75, 3.05) is 37.5 Å². The summed E-state index contributed by atoms with van der Waals surface area (Å²) in [5, 5.41) is 6.10. The monoisotopic (exact) mass is 305 g/mol. The summed E-state index contributed by atoms with van der Waals surface area (Å²) >= 11 is 0. The Labute approximate surface area is 133 Å². The van der Waals surface area contributed by atoms with Crippen LogP contribution < -0.4 is 9.80 Å². The van der Waals surface area contributed by atoms with Crippen molar-refractivity contribution in [3.05, 3.63) is 18.0 Å². The predicted molar refractivity (Wildman–Crippen MR) is 92.6 cm³/mol. The van der Waals surface area contributed by atoms with Gasteiger partial charge in [0.1, 0.15) is 0 Å². The molecule has 0 spiro atoms. The van der Waals surface area contributed by atoms with E-state index in [2.05, 4.69) is 28.8 Å². The van der Waals surface area contributed by atoms with Gasteiger partial charge >= 0.3 is 0 Å². The number of fused-ring (bicyclic) bond motifs is 1. The molecule has 122 valence electrons. The first-order valence-corrected chi connectivity index (χ1v) is 7.65. The number of nitrogens with zero attached hydrogens (tertiary/aromatic N) is 5. The van der Waals surface area contributed by atoms with Crippen molar-refractivity contribution < 1.29 is 4.79 Å². The summed E-state index contributed by atoms with van der Waals surface area (Å²) in [4.78, 5) is 19.6. The number of hydrogen-bond donors (Lipinski definition) is 0. The zero-order valence-electron chi connectivity index (χ0n) is 14.7. The van der Waals surface area contributed by atoms with E-state index in [0.29, 0.717) is 18.3 Å². The fourth-order valence-corrected chi connectivity index (χ4v) is 2.40. The molecule has 1 aliphatic heterocycles. The van der Waals surface area contributed by atoms with Gasteiger partial charge < -0.3 is 9.91 Å². The van der Waals surface area contributed by atoms with Crippen LogP contribution in [0.25, 0.3) is 0 Å². The number of hydrogen-bond acceptors (Lipinski definition) is 5. The maximum atomic E-state index is 11.5. The lowest BCUT2D eigenvalue weighted by atomic mass is 10.0. The van der Waals surface area contributed by atoms with E-state index in [-0.39, 0.29) is 0 Å². The topological polar surface area (TPSA) is 52.0 Å². The van der Waals surface area contributed by atoms with Crippen LogP contribution in [-0.4, -0.2) is 49.9 Å². The molecule has 0 unspecified atom stereocenters. The molecule has 0 aliphatic carbocycles. The third-order valence-corrected chi connectivity index (χ3v) is 3.20. The molecule has 1 aromatic heterocycles. The Morgan fingerprint density at radius 2 is 2.00 bits per heavy atom. The largest absolute Gasteiger partial charge is 0.364 e. The number of rotatable bonds is 3. The second-order valence-corrected chi connectivity index (χ2v) is 5.41. The Kier molecular flexibility index (Phi) is 6.34. The molecule has 1 aliphatic rings. The van der Waals surface area contributed by atoms with Gasteiger partial charge in [-0.05, 0) is 12.0 Å². The summed E-state index contributed by atoms with van der Waals surface area (Å²) in [6.07, 6.45) is 2.56. The Balaban J connectivity index is 0.00000116. The molecule has 22 heavy (non-hydrogen) atoms. The summed E-state index contributed by atoms with van der Waals surface area (Å²) in [6, 6.07) is 1.86. The first kappa shape index (κ1) is 17.9. The highest BCUT2D eigenvalue weighted by Crippen LogP contribution is 2.37. The minimum atomic E-state index is 0.299. The van der Waals surface area contributed by atoms with Gasteiger partial charge in [-0.3, -0.25) is 14.7 Å². The number of amidine groups is 1. The van der Waals surface area contributed by atoms with Crippen LogP contribution in [-0.2, 0) is 4.79 Å². The number of carbonyl (C=O) groups is 1. The first-order valence-electron chi connectivity index (χ1n) is 7.65. The standard InChI is InChI=1S/C14H21N5O.C2H6/c1-10(2)13-14-11(6-7-15-13)19(9-20)12(8-18(14)5)16-17(3)4;1-2/h6-7,9-10H,8H2,1-5H3;1-2H3/b16-12-;. The highest BCUT2D eigenvalue weighted by atomic mass is 16.1. The molecular formula is C16H27N5O. The molecule has 0 aromatic carbocycles. The Bertz CT molecular complexity index is 539. The van der Waals surface area contributed by atoms with Crippen LogP contribution in [0.4, 0.5) is 11.4 Å². The van der Waals surface area contributed by atoms with Gasteiger partial charge in [0.2, 0.25) is 6.41 Å². The van der Waals surface area contributed by atoms with Crippen LogP contribution in [0.3, 0.4) is 0 Å². The summed E-state index contributed by atoms with van der Waals surface area (Å²) < 4.78 is 0. The Morgan fingerprint density at radius 3 is 2.50 bits per heavy atom. The quantitative estimate of drug-likeness (QED) is 0.636. The number of hydrazone groups is 1. The molecule has 2 rings (SSSR count). The van der Waals surface area contributed by atoms with Gasteiger partial charge in [0, 0.05) is 27.3 Å². The molecule has 1 amide bonds. The molecule has 6 heteroatoms. The third-order valence-electron chi connectivity index (χ3n) is 3.20. The fourth-order valence-electron chi connectivity index (χ4n) is 2.40. The lowest BCUT2D eigenvalue weighted by Crippen LogP contribution is -2.45. The summed E-state index contributed by atoms with van der Waals surface area (Å²) in [6.45, 7) is 8.78. The van der Waals surface area contributed by atoms with Crippen molar-refractivity contribution in [1.82, 2.24) is 9.99 Å². The highest BCUT2D eigenvalue weighted by molar-refractivity contribution is 6.16. The van der Waals surface area contributed by atoms with Crippen molar-refractivity contribution in [2.45, 2.75) is 33.6 Å². The van der Waals surface area contributed by atoms with E-state index in [1.165, 1.54) is 0 Å². The first-order chi connectivity index (χ1) is 10.5. The lowest BCUT2D eigenvalue weighted by molar-refractivity contribution is -0.106. The van der Waals surface area contributed by atoms with Crippen molar-refractivity contribution in [3.63, 3.8) is 0 Å². The molecule has 0 fully saturated rings. The van der Waals surface area contributed by atoms with Crippen molar-refractivity contribution >= 4 is 23.6 Å². The van der Waals surface area contributed by atoms with Crippen LogP contribution in [0.2, 0.25) is 0 Å². The number of anilines is 2. The summed E-state index contributed by atoms with van der Waals surface area (Å²) in [7, 11) is 5.69. The van der Waals surface area contributed by atoms with E-state index in [1.807, 2.05) is 41.1 Å². The number of amides is 1. The molecule has 0 atom stereocenters. The molecule has 0 radical (unpaired) electrons. The van der Waals surface area contributed by atoms with E-state index in [4.69, 9.17) is 0 Å². The number of carbonyl (C=O) groups excluding carboxylic acids is 1. The minimum absolute atomic E-state index is 0.299. The van der Waals surface area contributed by atoms with Crippen molar-refractivity contribution in [3.8, 4) is 0 Å². The number of aromatic nitrogens is 1. The van der Waals surface area contributed by atoms with E-state index < -0.39 is 0 Å². The molecule has 0 N–H and O–H groups in total. The molecule has 0 saturated heterocycles. The van der Waals surface area contributed by atoms with Crippen LogP contribution in [0.5, 0.6) is 0 Å². The van der Waals surface area contributed by atoms with Crippen molar-refractivity contribution in [2.24, 2.45) is 5.10 Å². The fraction of sp³-hybridized carbons (Fsp3) is 0.562. The van der Waals surface area contributed by atoms with Crippen LogP contribution in [0, 0.1) is 0 Å². The normalized spacial score (nSPS) is 15.4. The second kappa shape index (κ2) is 7.77. The number of likely N-dealkylation sites (N-methyl/N-ethyl adjacent to an activating group) is 1. The Morgan fingerprint density at radius 1 is 1.36 bits per heavy atom. The van der Waals surface area contributed by atoms with E-state index in [9.17, 15) is 4.79 Å². The Hall–Kier alpha value is -2.11. The summed E-state index contributed by atoms with van der Waals surface area (Å²) in [5.41, 5.74) is 2.85. The van der Waals surface area contributed by atoms with Gasteiger partial charge in [0.25, 0.3) is 0 Å². The minimum Gasteiger partial charge on any atom is -0.364 e. The molecule has 2 heterocycles. The van der Waals surface area contributed by atoms with E-state index in [0.717, 1.165) is 23.5 Å². The van der Waals surface area contributed by atoms with Crippen molar-refractivity contribution in [1.29, 1.82) is 0 Å². The van der Waals surface area contributed by atoms with Gasteiger partial charge in [0.05, 0.1) is 23.6 Å². The molecule has 6 nitrogen and oxygen atoms in total. The van der Waals surface area contributed by atoms with Gasteiger partial charge in [-0.15, -0.1) is 0 Å². The SMILES string of the molecule is CC.CC(C)c1nccc2c1N(C)C/C(=N/N(C)C)N2C=O. The smallest absolute Gasteiger partial charge is 0.219 e. The molecular weight excluding hydrogens is 278 g/mol. The average Bonchev–Trinajstić information content (AvgIpc) is 2.48.